The minimum atomic E-state index is -1.09. The summed E-state index contributed by atoms with van der Waals surface area (Å²) < 4.78 is 0. The zero-order valence-electron chi connectivity index (χ0n) is 16.2. The van der Waals surface area contributed by atoms with Gasteiger partial charge in [-0.15, -0.1) is 0 Å². The number of rotatable bonds is 3. The van der Waals surface area contributed by atoms with E-state index in [1.165, 1.54) is 0 Å². The Morgan fingerprint density at radius 3 is 2.60 bits per heavy atom. The molecule has 1 unspecified atom stereocenters. The van der Waals surface area contributed by atoms with Gasteiger partial charge in [-0.25, -0.2) is 9.59 Å². The van der Waals surface area contributed by atoms with E-state index in [4.69, 9.17) is 23.2 Å². The number of fused-ring (bicyclic) bond motifs is 1. The molecule has 156 valence electrons. The van der Waals surface area contributed by atoms with Gasteiger partial charge in [0.25, 0.3) is 5.91 Å². The van der Waals surface area contributed by atoms with Crippen LogP contribution in [-0.2, 0) is 29.8 Å². The van der Waals surface area contributed by atoms with Crippen molar-refractivity contribution in [2.75, 3.05) is 6.54 Å². The Balaban J connectivity index is 1.38. The van der Waals surface area contributed by atoms with E-state index in [1.54, 1.807) is 30.0 Å². The van der Waals surface area contributed by atoms with E-state index < -0.39 is 11.6 Å². The molecular formula is C21H20Cl2N4O3. The summed E-state index contributed by atoms with van der Waals surface area (Å²) in [4.78, 5) is 37.8. The molecule has 30 heavy (non-hydrogen) atoms. The highest BCUT2D eigenvalue weighted by Crippen LogP contribution is 2.30. The van der Waals surface area contributed by atoms with Gasteiger partial charge in [0, 0.05) is 29.7 Å². The number of amides is 5. The fourth-order valence-electron chi connectivity index (χ4n) is 3.77. The Hall–Kier alpha value is -2.77. The summed E-state index contributed by atoms with van der Waals surface area (Å²) in [6.07, 6.45) is 0.680. The lowest BCUT2D eigenvalue weighted by Gasteiger charge is -2.29. The van der Waals surface area contributed by atoms with Gasteiger partial charge in [0.05, 0.1) is 0 Å². The van der Waals surface area contributed by atoms with Gasteiger partial charge in [0.1, 0.15) is 5.54 Å². The number of carbonyl (C=O) groups excluding carboxylic acids is 3. The first-order valence-corrected chi connectivity index (χ1v) is 10.2. The van der Waals surface area contributed by atoms with Crippen LogP contribution in [0.4, 0.5) is 9.59 Å². The van der Waals surface area contributed by atoms with Crippen molar-refractivity contribution in [2.24, 2.45) is 0 Å². The maximum atomic E-state index is 12.6. The number of halogens is 2. The third-order valence-corrected chi connectivity index (χ3v) is 6.11. The predicted molar refractivity (Wildman–Crippen MR) is 113 cm³/mol. The molecule has 2 heterocycles. The van der Waals surface area contributed by atoms with E-state index in [9.17, 15) is 14.4 Å². The molecule has 0 radical (unpaired) electrons. The molecule has 3 N–H and O–H groups in total. The quantitative estimate of drug-likeness (QED) is 0.631. The highest BCUT2D eigenvalue weighted by atomic mass is 35.5. The molecule has 0 spiro atoms. The number of nitrogens with zero attached hydrogens (tertiary/aromatic N) is 1. The molecule has 2 aromatic carbocycles. The van der Waals surface area contributed by atoms with Crippen molar-refractivity contribution in [3.8, 4) is 0 Å². The van der Waals surface area contributed by atoms with Crippen LogP contribution in [0.25, 0.3) is 0 Å². The van der Waals surface area contributed by atoms with Crippen LogP contribution in [0.3, 0.4) is 0 Å². The lowest BCUT2D eigenvalue weighted by molar-refractivity contribution is -0.123. The summed E-state index contributed by atoms with van der Waals surface area (Å²) in [6.45, 7) is 3.02. The van der Waals surface area contributed by atoms with Crippen LogP contribution in [-0.4, -0.2) is 29.4 Å². The number of hydrogen-bond acceptors (Lipinski definition) is 3. The standard InChI is InChI=1S/C21H20Cl2N4O3/c1-21(18(28)25-19(29)26-21)14-4-2-12(3-5-14)10-24-20(30)27-7-6-16-13(11-27)8-15(22)9-17(16)23/h2-5,8-9H,6-7,10-11H2,1H3,(H,24,30)(H2,25,26,28,29). The van der Waals surface area contributed by atoms with Crippen LogP contribution in [0.5, 0.6) is 0 Å². The van der Waals surface area contributed by atoms with Gasteiger partial charge in [-0.1, -0.05) is 47.5 Å². The highest BCUT2D eigenvalue weighted by Gasteiger charge is 2.43. The lowest BCUT2D eigenvalue weighted by atomic mass is 9.91. The first kappa shape index (κ1) is 20.5. The van der Waals surface area contributed by atoms with Crippen molar-refractivity contribution >= 4 is 41.2 Å². The van der Waals surface area contributed by atoms with Gasteiger partial charge in [0.15, 0.2) is 0 Å². The van der Waals surface area contributed by atoms with Crippen LogP contribution >= 0.6 is 23.2 Å². The Morgan fingerprint density at radius 1 is 1.20 bits per heavy atom. The van der Waals surface area contributed by atoms with Gasteiger partial charge in [-0.05, 0) is 47.7 Å². The molecule has 0 bridgehead atoms. The molecule has 9 heteroatoms. The van der Waals surface area contributed by atoms with Crippen molar-refractivity contribution in [1.29, 1.82) is 0 Å². The fraction of sp³-hybridized carbons (Fsp3) is 0.286. The molecule has 1 fully saturated rings. The van der Waals surface area contributed by atoms with Gasteiger partial charge in [0.2, 0.25) is 0 Å². The normalized spacial score (nSPS) is 20.4. The number of urea groups is 2. The van der Waals surface area contributed by atoms with Crippen LogP contribution in [0, 0.1) is 0 Å². The molecule has 2 aliphatic rings. The first-order chi connectivity index (χ1) is 14.3. The Bertz CT molecular complexity index is 1040. The average molecular weight is 447 g/mol. The maximum absolute atomic E-state index is 12.6. The van der Waals surface area contributed by atoms with Crippen molar-refractivity contribution in [1.82, 2.24) is 20.9 Å². The molecule has 5 amide bonds. The van der Waals surface area contributed by atoms with Crippen LogP contribution in [0.15, 0.2) is 36.4 Å². The number of benzene rings is 2. The molecule has 4 rings (SSSR count). The number of imide groups is 1. The Labute approximate surface area is 183 Å². The van der Waals surface area contributed by atoms with Crippen molar-refractivity contribution in [2.45, 2.75) is 32.0 Å². The minimum Gasteiger partial charge on any atom is -0.334 e. The number of carbonyl (C=O) groups is 3. The lowest BCUT2D eigenvalue weighted by Crippen LogP contribution is -2.42. The molecule has 2 aromatic rings. The summed E-state index contributed by atoms with van der Waals surface area (Å²) in [5.74, 6) is -0.390. The second-order valence-corrected chi connectivity index (χ2v) is 8.43. The highest BCUT2D eigenvalue weighted by molar-refractivity contribution is 6.35. The fourth-order valence-corrected chi connectivity index (χ4v) is 4.40. The van der Waals surface area contributed by atoms with E-state index in [0.717, 1.165) is 16.7 Å². The third-order valence-electron chi connectivity index (χ3n) is 5.55. The smallest absolute Gasteiger partial charge is 0.322 e. The maximum Gasteiger partial charge on any atom is 0.322 e. The molecule has 1 saturated heterocycles. The van der Waals surface area contributed by atoms with Gasteiger partial charge in [-0.2, -0.15) is 0 Å². The molecule has 1 atom stereocenters. The van der Waals surface area contributed by atoms with Crippen LogP contribution < -0.4 is 16.0 Å². The average Bonchev–Trinajstić information content (AvgIpc) is 2.98. The van der Waals surface area contributed by atoms with Crippen LogP contribution in [0.1, 0.15) is 29.2 Å². The van der Waals surface area contributed by atoms with Crippen LogP contribution in [0.2, 0.25) is 10.0 Å². The van der Waals surface area contributed by atoms with E-state index in [-0.39, 0.29) is 11.9 Å². The van der Waals surface area contributed by atoms with E-state index >= 15 is 0 Å². The van der Waals surface area contributed by atoms with Crippen molar-refractivity contribution < 1.29 is 14.4 Å². The van der Waals surface area contributed by atoms with Gasteiger partial charge >= 0.3 is 12.1 Å². The first-order valence-electron chi connectivity index (χ1n) is 9.49. The molecule has 0 aromatic heterocycles. The SMILES string of the molecule is CC1(c2ccc(CNC(=O)N3CCc4c(Cl)cc(Cl)cc4C3)cc2)NC(=O)NC1=O. The number of nitrogens with one attached hydrogen (secondary N) is 3. The predicted octanol–water partition coefficient (Wildman–Crippen LogP) is 3.32. The summed E-state index contributed by atoms with van der Waals surface area (Å²) >= 11 is 12.3. The molecule has 2 aliphatic heterocycles. The van der Waals surface area contributed by atoms with Crippen molar-refractivity contribution in [3.05, 3.63) is 68.7 Å². The summed E-state index contributed by atoms with van der Waals surface area (Å²) in [5.41, 5.74) is 2.45. The molecular weight excluding hydrogens is 427 g/mol. The topological polar surface area (TPSA) is 90.5 Å². The Kier molecular flexibility index (Phi) is 5.34. The second-order valence-electron chi connectivity index (χ2n) is 7.59. The van der Waals surface area contributed by atoms with Gasteiger partial charge < -0.3 is 15.5 Å². The largest absolute Gasteiger partial charge is 0.334 e. The van der Waals surface area contributed by atoms with E-state index in [2.05, 4.69) is 16.0 Å². The molecule has 7 nitrogen and oxygen atoms in total. The zero-order valence-corrected chi connectivity index (χ0v) is 17.7. The summed E-state index contributed by atoms with van der Waals surface area (Å²) in [6, 6.07) is 10.1. The van der Waals surface area contributed by atoms with Crippen molar-refractivity contribution in [3.63, 3.8) is 0 Å². The van der Waals surface area contributed by atoms with Gasteiger partial charge in [-0.3, -0.25) is 10.1 Å². The van der Waals surface area contributed by atoms with E-state index in [0.29, 0.717) is 41.7 Å². The Morgan fingerprint density at radius 2 is 1.93 bits per heavy atom. The summed E-state index contributed by atoms with van der Waals surface area (Å²) in [5, 5.41) is 8.98. The monoisotopic (exact) mass is 446 g/mol. The zero-order chi connectivity index (χ0) is 21.5. The summed E-state index contributed by atoms with van der Waals surface area (Å²) in [7, 11) is 0. The number of hydrogen-bond donors (Lipinski definition) is 3. The minimum absolute atomic E-state index is 0.171. The molecule has 0 saturated carbocycles. The second kappa shape index (κ2) is 7.81. The van der Waals surface area contributed by atoms with E-state index in [1.807, 2.05) is 18.2 Å². The molecule has 0 aliphatic carbocycles. The third kappa shape index (κ3) is 3.82.